The molecule has 0 radical (unpaired) electrons. The maximum absolute atomic E-state index is 5.97. The molecule has 1 rings (SSSR count). The van der Waals surface area contributed by atoms with Crippen molar-refractivity contribution in [2.45, 2.75) is 64.6 Å². The van der Waals surface area contributed by atoms with E-state index in [0.29, 0.717) is 0 Å². The summed E-state index contributed by atoms with van der Waals surface area (Å²) in [4.78, 5) is 0. The van der Waals surface area contributed by atoms with Gasteiger partial charge in [0.1, 0.15) is 0 Å². The Bertz CT molecular complexity index is 276. The van der Waals surface area contributed by atoms with Crippen LogP contribution in [-0.2, 0) is 9.31 Å². The molecule has 4 heteroatoms. The van der Waals surface area contributed by atoms with Crippen LogP contribution < -0.4 is 0 Å². The number of hydrogen-bond donors (Lipinski definition) is 0. The molecule has 0 aromatic rings. The lowest BCUT2D eigenvalue weighted by atomic mass is 9.81. The number of rotatable bonds is 3. The lowest BCUT2D eigenvalue weighted by molar-refractivity contribution is 0.00578. The summed E-state index contributed by atoms with van der Waals surface area (Å²) in [6.07, 6.45) is 0. The lowest BCUT2D eigenvalue weighted by Crippen LogP contribution is -2.41. The van der Waals surface area contributed by atoms with E-state index in [1.165, 1.54) is 0 Å². The summed E-state index contributed by atoms with van der Waals surface area (Å²) in [6.45, 7) is 19.5. The maximum Gasteiger partial charge on any atom is 0.489 e. The second-order valence-electron chi connectivity index (χ2n) is 6.98. The van der Waals surface area contributed by atoms with Crippen LogP contribution in [-0.4, -0.2) is 26.4 Å². The third kappa shape index (κ3) is 2.99. The van der Waals surface area contributed by atoms with Crippen LogP contribution >= 0.6 is 0 Å². The maximum atomic E-state index is 5.97. The molecule has 92 valence electrons. The van der Waals surface area contributed by atoms with Crippen molar-refractivity contribution in [2.75, 3.05) is 0 Å². The Labute approximate surface area is 102 Å². The summed E-state index contributed by atoms with van der Waals surface area (Å²) >= 11 is 0. The molecule has 1 aliphatic rings. The van der Waals surface area contributed by atoms with E-state index in [4.69, 9.17) is 9.31 Å². The van der Waals surface area contributed by atoms with Gasteiger partial charge in [-0.05, 0) is 39.2 Å². The van der Waals surface area contributed by atoms with Crippen molar-refractivity contribution in [2.24, 2.45) is 0 Å². The van der Waals surface area contributed by atoms with E-state index in [0.717, 1.165) is 11.5 Å². The molecule has 2 nitrogen and oxygen atoms in total. The van der Waals surface area contributed by atoms with Crippen molar-refractivity contribution in [3.8, 4) is 0 Å². The van der Waals surface area contributed by atoms with Crippen LogP contribution in [0.1, 0.15) is 27.7 Å². The Morgan fingerprint density at radius 2 is 1.44 bits per heavy atom. The minimum atomic E-state index is -1.14. The largest absolute Gasteiger partial charge is 0.489 e. The Morgan fingerprint density at radius 3 is 1.75 bits per heavy atom. The zero-order valence-electron chi connectivity index (χ0n) is 11.8. The standard InChI is InChI=1S/C12H25BO2Si/c1-10(9-16(6,7)8)13-14-11(2,3)12(4,5)15-13/h1,9H2,2-8H3. The smallest absolute Gasteiger partial charge is 0.400 e. The molecular weight excluding hydrogens is 215 g/mol. The average molecular weight is 240 g/mol. The Balaban J connectivity index is 2.70. The van der Waals surface area contributed by atoms with Crippen LogP contribution in [0.25, 0.3) is 0 Å². The number of hydrogen-bond acceptors (Lipinski definition) is 2. The highest BCUT2D eigenvalue weighted by atomic mass is 28.3. The Morgan fingerprint density at radius 1 is 1.06 bits per heavy atom. The molecule has 1 aliphatic heterocycles. The van der Waals surface area contributed by atoms with Gasteiger partial charge in [-0.3, -0.25) is 0 Å². The molecule has 0 amide bonds. The van der Waals surface area contributed by atoms with Gasteiger partial charge in [-0.15, -0.1) is 6.58 Å². The fraction of sp³-hybridized carbons (Fsp3) is 0.833. The van der Waals surface area contributed by atoms with E-state index >= 15 is 0 Å². The first-order valence-corrected chi connectivity index (χ1v) is 9.69. The molecule has 0 atom stereocenters. The highest BCUT2D eigenvalue weighted by Crippen LogP contribution is 2.39. The van der Waals surface area contributed by atoms with E-state index in [-0.39, 0.29) is 18.3 Å². The molecule has 0 N–H and O–H groups in total. The van der Waals surface area contributed by atoms with Crippen molar-refractivity contribution < 1.29 is 9.31 Å². The van der Waals surface area contributed by atoms with Gasteiger partial charge in [0.25, 0.3) is 0 Å². The van der Waals surface area contributed by atoms with Crippen molar-refractivity contribution in [1.29, 1.82) is 0 Å². The first-order chi connectivity index (χ1) is 6.95. The molecule has 1 heterocycles. The third-order valence-electron chi connectivity index (χ3n) is 3.34. The highest BCUT2D eigenvalue weighted by molar-refractivity contribution is 6.78. The summed E-state index contributed by atoms with van der Waals surface area (Å²) in [5.74, 6) is 0. The normalized spacial score (nSPS) is 23.6. The van der Waals surface area contributed by atoms with Crippen LogP contribution in [0, 0.1) is 0 Å². The van der Waals surface area contributed by atoms with Crippen molar-refractivity contribution in [3.05, 3.63) is 12.1 Å². The molecule has 0 unspecified atom stereocenters. The summed E-state index contributed by atoms with van der Waals surface area (Å²) in [6, 6.07) is 1.06. The van der Waals surface area contributed by atoms with Gasteiger partial charge in [-0.1, -0.05) is 19.6 Å². The van der Waals surface area contributed by atoms with E-state index in [1.807, 2.05) is 0 Å². The summed E-state index contributed by atoms with van der Waals surface area (Å²) in [5, 5.41) is 0. The van der Waals surface area contributed by atoms with Gasteiger partial charge in [-0.25, -0.2) is 0 Å². The molecule has 1 saturated heterocycles. The quantitative estimate of drug-likeness (QED) is 0.703. The second-order valence-corrected chi connectivity index (χ2v) is 12.5. The molecule has 0 aliphatic carbocycles. The van der Waals surface area contributed by atoms with Crippen LogP contribution in [0.2, 0.25) is 25.7 Å². The molecule has 0 bridgehead atoms. The van der Waals surface area contributed by atoms with Crippen LogP contribution in [0.15, 0.2) is 12.1 Å². The zero-order valence-corrected chi connectivity index (χ0v) is 12.8. The predicted molar refractivity (Wildman–Crippen MR) is 73.4 cm³/mol. The zero-order chi connectivity index (χ0) is 12.8. The minimum Gasteiger partial charge on any atom is -0.400 e. The molecular formula is C12H25BO2Si. The second kappa shape index (κ2) is 4.00. The molecule has 0 aromatic carbocycles. The van der Waals surface area contributed by atoms with Crippen molar-refractivity contribution in [3.63, 3.8) is 0 Å². The van der Waals surface area contributed by atoms with E-state index in [2.05, 4.69) is 53.9 Å². The first-order valence-electron chi connectivity index (χ1n) is 5.98. The van der Waals surface area contributed by atoms with Gasteiger partial charge in [0.2, 0.25) is 0 Å². The topological polar surface area (TPSA) is 18.5 Å². The molecule has 1 fully saturated rings. The Hall–Kier alpha value is -0.0582. The SMILES string of the molecule is C=C(C[Si](C)(C)C)B1OC(C)(C)C(C)(C)O1. The van der Waals surface area contributed by atoms with E-state index in [9.17, 15) is 0 Å². The molecule has 0 aromatic heterocycles. The van der Waals surface area contributed by atoms with E-state index in [1.54, 1.807) is 0 Å². The molecule has 0 spiro atoms. The first kappa shape index (κ1) is 14.0. The van der Waals surface area contributed by atoms with Crippen LogP contribution in [0.4, 0.5) is 0 Å². The monoisotopic (exact) mass is 240 g/mol. The fourth-order valence-corrected chi connectivity index (χ4v) is 3.30. The van der Waals surface area contributed by atoms with Crippen molar-refractivity contribution in [1.82, 2.24) is 0 Å². The van der Waals surface area contributed by atoms with E-state index < -0.39 is 8.07 Å². The Kier molecular flexibility index (Phi) is 3.50. The van der Waals surface area contributed by atoms with Crippen LogP contribution in [0.3, 0.4) is 0 Å². The summed E-state index contributed by atoms with van der Waals surface area (Å²) < 4.78 is 11.9. The van der Waals surface area contributed by atoms with Crippen molar-refractivity contribution >= 4 is 15.2 Å². The third-order valence-corrected chi connectivity index (χ3v) is 4.86. The number of allylic oxidation sites excluding steroid dienone is 1. The van der Waals surface area contributed by atoms with Gasteiger partial charge >= 0.3 is 7.12 Å². The van der Waals surface area contributed by atoms with Gasteiger partial charge < -0.3 is 9.31 Å². The summed E-state index contributed by atoms with van der Waals surface area (Å²) in [7, 11) is -1.37. The van der Waals surface area contributed by atoms with Gasteiger partial charge in [-0.2, -0.15) is 0 Å². The lowest BCUT2D eigenvalue weighted by Gasteiger charge is -2.32. The van der Waals surface area contributed by atoms with Crippen LogP contribution in [0.5, 0.6) is 0 Å². The summed E-state index contributed by atoms with van der Waals surface area (Å²) in [5.41, 5.74) is 0.595. The molecule has 16 heavy (non-hydrogen) atoms. The van der Waals surface area contributed by atoms with Gasteiger partial charge in [0.15, 0.2) is 0 Å². The van der Waals surface area contributed by atoms with Gasteiger partial charge in [0, 0.05) is 8.07 Å². The van der Waals surface area contributed by atoms with Gasteiger partial charge in [0.05, 0.1) is 11.2 Å². The fourth-order valence-electron chi connectivity index (χ4n) is 1.77. The predicted octanol–water partition coefficient (Wildman–Crippen LogP) is 3.51. The average Bonchev–Trinajstić information content (AvgIpc) is 2.17. The highest BCUT2D eigenvalue weighted by Gasteiger charge is 2.52. The minimum absolute atomic E-state index is 0.225. The molecule has 0 saturated carbocycles.